The second-order valence-electron chi connectivity index (χ2n) is 5.20. The number of carbonyl (C=O) groups excluding carboxylic acids is 1. The van der Waals surface area contributed by atoms with Gasteiger partial charge in [-0.25, -0.2) is 4.79 Å². The Morgan fingerprint density at radius 2 is 2.00 bits per heavy atom. The lowest BCUT2D eigenvalue weighted by molar-refractivity contribution is 0.0696. The lowest BCUT2D eigenvalue weighted by atomic mass is 10.1. The summed E-state index contributed by atoms with van der Waals surface area (Å²) in [6.07, 6.45) is -0.124. The highest BCUT2D eigenvalue weighted by Crippen LogP contribution is 2.28. The molecule has 23 heavy (non-hydrogen) atoms. The number of nitrogens with one attached hydrogen (secondary N) is 1. The molecule has 0 spiro atoms. The number of carboxylic acid groups (broad SMARTS) is 1. The van der Waals surface area contributed by atoms with E-state index in [0.717, 1.165) is 0 Å². The zero-order valence-corrected chi connectivity index (χ0v) is 14.4. The predicted octanol–water partition coefficient (Wildman–Crippen LogP) is 4.09. The molecule has 6 nitrogen and oxygen atoms in total. The van der Waals surface area contributed by atoms with Gasteiger partial charge >= 0.3 is 5.97 Å². The number of aromatic carboxylic acids is 1. The van der Waals surface area contributed by atoms with Crippen molar-refractivity contribution in [3.63, 3.8) is 0 Å². The number of furan rings is 1. The number of benzene rings is 1. The van der Waals surface area contributed by atoms with E-state index in [0.29, 0.717) is 16.0 Å². The molecule has 1 heterocycles. The largest absolute Gasteiger partial charge is 0.489 e. The normalized spacial score (nSPS) is 10.7. The van der Waals surface area contributed by atoms with Crippen molar-refractivity contribution >= 4 is 33.5 Å². The lowest BCUT2D eigenvalue weighted by Crippen LogP contribution is -2.15. The highest BCUT2D eigenvalue weighted by Gasteiger charge is 2.18. The molecule has 2 rings (SSSR count). The quantitative estimate of drug-likeness (QED) is 0.813. The van der Waals surface area contributed by atoms with Crippen LogP contribution >= 0.6 is 15.9 Å². The molecule has 0 aliphatic rings. The molecule has 1 aromatic carbocycles. The first-order chi connectivity index (χ1) is 10.8. The summed E-state index contributed by atoms with van der Waals surface area (Å²) in [4.78, 5) is 23.5. The van der Waals surface area contributed by atoms with Crippen LogP contribution < -0.4 is 10.1 Å². The Morgan fingerprint density at radius 3 is 2.52 bits per heavy atom. The second kappa shape index (κ2) is 6.87. The van der Waals surface area contributed by atoms with Crippen molar-refractivity contribution in [1.82, 2.24) is 0 Å². The Hall–Kier alpha value is -2.28. The molecule has 0 saturated carbocycles. The molecule has 0 aliphatic carbocycles. The van der Waals surface area contributed by atoms with Crippen molar-refractivity contribution in [2.75, 3.05) is 5.32 Å². The molecule has 2 N–H and O–H groups in total. The van der Waals surface area contributed by atoms with Gasteiger partial charge in [0.15, 0.2) is 10.4 Å². The van der Waals surface area contributed by atoms with Crippen LogP contribution in [0.1, 0.15) is 40.3 Å². The highest BCUT2D eigenvalue weighted by atomic mass is 79.9. The molecule has 7 heteroatoms. The molecule has 1 amide bonds. The van der Waals surface area contributed by atoms with Crippen molar-refractivity contribution in [2.24, 2.45) is 0 Å². The first-order valence-electron chi connectivity index (χ1n) is 6.89. The summed E-state index contributed by atoms with van der Waals surface area (Å²) in [5, 5.41) is 11.7. The number of hydrogen-bond donors (Lipinski definition) is 2. The van der Waals surface area contributed by atoms with Gasteiger partial charge in [0, 0.05) is 5.56 Å². The van der Waals surface area contributed by atoms with E-state index in [9.17, 15) is 9.59 Å². The Morgan fingerprint density at radius 1 is 1.30 bits per heavy atom. The topological polar surface area (TPSA) is 88.8 Å². The van der Waals surface area contributed by atoms with Gasteiger partial charge in [0.1, 0.15) is 5.75 Å². The third-order valence-electron chi connectivity index (χ3n) is 2.93. The third-order valence-corrected chi connectivity index (χ3v) is 3.32. The summed E-state index contributed by atoms with van der Waals surface area (Å²) in [5.74, 6) is -1.03. The van der Waals surface area contributed by atoms with Gasteiger partial charge in [0.05, 0.1) is 17.4 Å². The van der Waals surface area contributed by atoms with E-state index in [1.807, 2.05) is 13.8 Å². The van der Waals surface area contributed by atoms with E-state index in [2.05, 4.69) is 21.2 Å². The Bertz CT molecular complexity index is 751. The minimum Gasteiger partial charge on any atom is -0.489 e. The van der Waals surface area contributed by atoms with Gasteiger partial charge < -0.3 is 19.6 Å². The van der Waals surface area contributed by atoms with Crippen LogP contribution in [-0.2, 0) is 0 Å². The number of hydrogen-bond acceptors (Lipinski definition) is 4. The molecular formula is C16H16BrNO5. The maximum absolute atomic E-state index is 12.3. The number of aryl methyl sites for hydroxylation is 1. The van der Waals surface area contributed by atoms with Crippen molar-refractivity contribution in [2.45, 2.75) is 26.9 Å². The summed E-state index contributed by atoms with van der Waals surface area (Å²) in [7, 11) is 0. The van der Waals surface area contributed by atoms with Crippen LogP contribution in [0.2, 0.25) is 0 Å². The average Bonchev–Trinajstić information content (AvgIpc) is 2.79. The van der Waals surface area contributed by atoms with Gasteiger partial charge in [0.25, 0.3) is 5.91 Å². The number of carbonyl (C=O) groups is 2. The van der Waals surface area contributed by atoms with Crippen molar-refractivity contribution in [3.05, 3.63) is 45.8 Å². The SMILES string of the molecule is Cc1cc(Br)oc1C(=O)Nc1cc(C(=O)O)ccc1OC(C)C. The number of rotatable bonds is 5. The zero-order valence-electron chi connectivity index (χ0n) is 12.8. The first-order valence-corrected chi connectivity index (χ1v) is 7.68. The van der Waals surface area contributed by atoms with Crippen LogP contribution in [0.5, 0.6) is 5.75 Å². The summed E-state index contributed by atoms with van der Waals surface area (Å²) in [6.45, 7) is 5.41. The molecule has 0 saturated heterocycles. The van der Waals surface area contributed by atoms with Gasteiger partial charge in [-0.1, -0.05) is 0 Å². The number of ether oxygens (including phenoxy) is 1. The molecule has 0 fully saturated rings. The van der Waals surface area contributed by atoms with Gasteiger partial charge in [0.2, 0.25) is 0 Å². The fourth-order valence-electron chi connectivity index (χ4n) is 1.97. The molecule has 0 bridgehead atoms. The standard InChI is InChI=1S/C16H16BrNO5/c1-8(2)22-12-5-4-10(16(20)21)7-11(12)18-15(19)14-9(3)6-13(17)23-14/h4-8H,1-3H3,(H,18,19)(H,20,21). The van der Waals surface area contributed by atoms with Crippen molar-refractivity contribution < 1.29 is 23.8 Å². The monoisotopic (exact) mass is 381 g/mol. The number of amides is 1. The predicted molar refractivity (Wildman–Crippen MR) is 88.3 cm³/mol. The first kappa shape index (κ1) is 17.1. The molecule has 0 unspecified atom stereocenters. The van der Waals surface area contributed by atoms with Crippen LogP contribution in [0.4, 0.5) is 5.69 Å². The summed E-state index contributed by atoms with van der Waals surface area (Å²) in [5.41, 5.74) is 0.986. The van der Waals surface area contributed by atoms with E-state index < -0.39 is 11.9 Å². The van der Waals surface area contributed by atoms with E-state index in [4.69, 9.17) is 14.3 Å². The van der Waals surface area contributed by atoms with Crippen LogP contribution in [0.25, 0.3) is 0 Å². The summed E-state index contributed by atoms with van der Waals surface area (Å²) >= 11 is 3.17. The minimum absolute atomic E-state index is 0.0498. The summed E-state index contributed by atoms with van der Waals surface area (Å²) in [6, 6.07) is 5.97. The molecule has 2 aromatic rings. The maximum atomic E-state index is 12.3. The Balaban J connectivity index is 2.35. The van der Waals surface area contributed by atoms with Crippen LogP contribution in [0.15, 0.2) is 33.4 Å². The number of anilines is 1. The number of halogens is 1. The molecule has 122 valence electrons. The van der Waals surface area contributed by atoms with Gasteiger partial charge in [-0.05, 0) is 61.0 Å². The van der Waals surface area contributed by atoms with Crippen molar-refractivity contribution in [3.8, 4) is 5.75 Å². The van der Waals surface area contributed by atoms with Crippen molar-refractivity contribution in [1.29, 1.82) is 0 Å². The fraction of sp³-hybridized carbons (Fsp3) is 0.250. The van der Waals surface area contributed by atoms with Gasteiger partial charge in [-0.3, -0.25) is 4.79 Å². The van der Waals surface area contributed by atoms with Crippen LogP contribution in [0.3, 0.4) is 0 Å². The fourth-order valence-corrected chi connectivity index (χ4v) is 2.47. The summed E-state index contributed by atoms with van der Waals surface area (Å²) < 4.78 is 11.3. The zero-order chi connectivity index (χ0) is 17.1. The number of carboxylic acids is 1. The lowest BCUT2D eigenvalue weighted by Gasteiger charge is -2.15. The van der Waals surface area contributed by atoms with E-state index in [1.54, 1.807) is 13.0 Å². The van der Waals surface area contributed by atoms with Crippen LogP contribution in [0, 0.1) is 6.92 Å². The van der Waals surface area contributed by atoms with E-state index >= 15 is 0 Å². The minimum atomic E-state index is -1.09. The van der Waals surface area contributed by atoms with Gasteiger partial charge in [-0.15, -0.1) is 0 Å². The highest BCUT2D eigenvalue weighted by molar-refractivity contribution is 9.10. The Kier molecular flexibility index (Phi) is 5.10. The molecule has 1 aromatic heterocycles. The second-order valence-corrected chi connectivity index (χ2v) is 5.98. The maximum Gasteiger partial charge on any atom is 0.335 e. The Labute approximate surface area is 141 Å². The smallest absolute Gasteiger partial charge is 0.335 e. The third kappa shape index (κ3) is 4.13. The molecule has 0 atom stereocenters. The van der Waals surface area contributed by atoms with Gasteiger partial charge in [-0.2, -0.15) is 0 Å². The average molecular weight is 382 g/mol. The molecular weight excluding hydrogens is 366 g/mol. The van der Waals surface area contributed by atoms with Crippen LogP contribution in [-0.4, -0.2) is 23.1 Å². The van der Waals surface area contributed by atoms with E-state index in [-0.39, 0.29) is 23.1 Å². The van der Waals surface area contributed by atoms with E-state index in [1.165, 1.54) is 18.2 Å². The molecule has 0 radical (unpaired) electrons. The molecule has 0 aliphatic heterocycles.